The van der Waals surface area contributed by atoms with E-state index in [4.69, 9.17) is 9.15 Å². The molecule has 1 amide bonds. The third-order valence-corrected chi connectivity index (χ3v) is 4.85. The number of carbonyl (C=O) groups excluding carboxylic acids is 1. The quantitative estimate of drug-likeness (QED) is 0.708. The average molecular weight is 366 g/mol. The van der Waals surface area contributed by atoms with Crippen molar-refractivity contribution in [2.24, 2.45) is 0 Å². The first-order valence-corrected chi connectivity index (χ1v) is 8.98. The van der Waals surface area contributed by atoms with Crippen molar-refractivity contribution in [2.45, 2.75) is 40.0 Å². The van der Waals surface area contributed by atoms with Crippen molar-refractivity contribution in [3.63, 3.8) is 0 Å². The molecule has 1 aromatic carbocycles. The number of amides is 1. The van der Waals surface area contributed by atoms with Crippen molar-refractivity contribution in [3.8, 4) is 5.75 Å². The van der Waals surface area contributed by atoms with Gasteiger partial charge in [-0.2, -0.15) is 0 Å². The van der Waals surface area contributed by atoms with Crippen LogP contribution in [0.5, 0.6) is 5.75 Å². The predicted molar refractivity (Wildman–Crippen MR) is 98.4 cm³/mol. The summed E-state index contributed by atoms with van der Waals surface area (Å²) in [6.45, 7) is 7.27. The van der Waals surface area contributed by atoms with E-state index in [0.29, 0.717) is 24.4 Å². The summed E-state index contributed by atoms with van der Waals surface area (Å²) in [6.07, 6.45) is 1.53. The van der Waals surface area contributed by atoms with Crippen LogP contribution >= 0.6 is 0 Å². The number of ether oxygens (including phenoxy) is 1. The van der Waals surface area contributed by atoms with Gasteiger partial charge in [-0.05, 0) is 39.0 Å². The van der Waals surface area contributed by atoms with Gasteiger partial charge < -0.3 is 18.6 Å². The van der Waals surface area contributed by atoms with Crippen molar-refractivity contribution in [2.75, 3.05) is 6.54 Å². The Morgan fingerprint density at radius 2 is 2.00 bits per heavy atom. The summed E-state index contributed by atoms with van der Waals surface area (Å²) in [5.41, 5.74) is 1.69. The summed E-state index contributed by atoms with van der Waals surface area (Å²) in [6, 6.07) is 9.61. The molecule has 0 saturated carbocycles. The van der Waals surface area contributed by atoms with Crippen LogP contribution in [0.25, 0.3) is 0 Å². The van der Waals surface area contributed by atoms with Gasteiger partial charge in [0.1, 0.15) is 18.2 Å². The molecule has 7 nitrogen and oxygen atoms in total. The highest BCUT2D eigenvalue weighted by Crippen LogP contribution is 2.24. The summed E-state index contributed by atoms with van der Waals surface area (Å²) >= 11 is 0. The second-order valence-corrected chi connectivity index (χ2v) is 6.93. The predicted octanol–water partition coefficient (Wildman–Crippen LogP) is 3.28. The summed E-state index contributed by atoms with van der Waals surface area (Å²) in [5, 5.41) is 8.33. The van der Waals surface area contributed by atoms with Crippen molar-refractivity contribution in [3.05, 3.63) is 65.1 Å². The Kier molecular flexibility index (Phi) is 4.43. The van der Waals surface area contributed by atoms with E-state index >= 15 is 0 Å². The van der Waals surface area contributed by atoms with Crippen LogP contribution in [-0.4, -0.2) is 32.1 Å². The molecule has 0 radical (unpaired) electrons. The van der Waals surface area contributed by atoms with Crippen molar-refractivity contribution >= 4 is 5.91 Å². The molecule has 0 spiro atoms. The molecule has 4 rings (SSSR count). The Morgan fingerprint density at radius 1 is 1.22 bits per heavy atom. The van der Waals surface area contributed by atoms with E-state index < -0.39 is 0 Å². The maximum absolute atomic E-state index is 13.1. The summed E-state index contributed by atoms with van der Waals surface area (Å²) < 4.78 is 13.4. The summed E-state index contributed by atoms with van der Waals surface area (Å²) in [4.78, 5) is 14.8. The fourth-order valence-electron chi connectivity index (χ4n) is 3.48. The molecule has 140 valence electrons. The molecule has 2 aromatic heterocycles. The number of rotatable bonds is 4. The van der Waals surface area contributed by atoms with E-state index in [1.54, 1.807) is 11.0 Å². The highest BCUT2D eigenvalue weighted by Gasteiger charge is 2.30. The van der Waals surface area contributed by atoms with E-state index in [0.717, 1.165) is 17.4 Å². The number of aryl methyl sites for hydroxylation is 2. The highest BCUT2D eigenvalue weighted by atomic mass is 16.5. The van der Waals surface area contributed by atoms with E-state index in [1.807, 2.05) is 38.1 Å². The molecule has 0 unspecified atom stereocenters. The molecule has 3 heterocycles. The lowest BCUT2D eigenvalue weighted by molar-refractivity contribution is 0.0675. The van der Waals surface area contributed by atoms with Crippen molar-refractivity contribution in [1.29, 1.82) is 0 Å². The summed E-state index contributed by atoms with van der Waals surface area (Å²) in [7, 11) is 0. The van der Waals surface area contributed by atoms with Crippen molar-refractivity contribution in [1.82, 2.24) is 19.7 Å². The van der Waals surface area contributed by atoms with Crippen LogP contribution in [0.3, 0.4) is 0 Å². The largest absolute Gasteiger partial charge is 0.486 e. The smallest absolute Gasteiger partial charge is 0.258 e. The lowest BCUT2D eigenvalue weighted by Crippen LogP contribution is -2.40. The van der Waals surface area contributed by atoms with Gasteiger partial charge in [-0.15, -0.1) is 10.2 Å². The molecule has 3 aromatic rings. The number of aromatic nitrogens is 3. The van der Waals surface area contributed by atoms with Crippen LogP contribution < -0.4 is 4.74 Å². The minimum absolute atomic E-state index is 0.0787. The van der Waals surface area contributed by atoms with E-state index in [9.17, 15) is 4.79 Å². The highest BCUT2D eigenvalue weighted by molar-refractivity contribution is 5.95. The van der Waals surface area contributed by atoms with Gasteiger partial charge in [-0.3, -0.25) is 4.79 Å². The van der Waals surface area contributed by atoms with Crippen LogP contribution in [0, 0.1) is 13.8 Å². The minimum atomic E-state index is -0.0787. The molecule has 0 saturated heterocycles. The van der Waals surface area contributed by atoms with E-state index in [-0.39, 0.29) is 18.6 Å². The van der Waals surface area contributed by atoms with Crippen LogP contribution in [0.15, 0.2) is 41.0 Å². The molecule has 0 N–H and O–H groups in total. The van der Waals surface area contributed by atoms with Crippen molar-refractivity contribution < 1.29 is 13.9 Å². The first-order valence-electron chi connectivity index (χ1n) is 8.98. The molecule has 0 fully saturated rings. The fourth-order valence-corrected chi connectivity index (χ4v) is 3.48. The number of carbonyl (C=O) groups is 1. The van der Waals surface area contributed by atoms with Gasteiger partial charge in [0.15, 0.2) is 11.6 Å². The number of nitrogens with zero attached hydrogens (tertiary/aromatic N) is 4. The Bertz CT molecular complexity index is 958. The topological polar surface area (TPSA) is 73.4 Å². The molecule has 7 heteroatoms. The van der Waals surface area contributed by atoms with Gasteiger partial charge in [0.2, 0.25) is 0 Å². The fraction of sp³-hybridized carbons (Fsp3) is 0.350. The standard InChI is InChI=1S/C20H22N4O3/c1-13-4-6-16(7-5-13)27-12-18-17(8-9-26-18)20(25)23-10-14(2)24-15(3)21-22-19(24)11-23/h4-9,14H,10-12H2,1-3H3/t14-/m0/s1. The molecule has 0 aliphatic carbocycles. The number of benzene rings is 1. The Labute approximate surface area is 157 Å². The van der Waals surface area contributed by atoms with Gasteiger partial charge in [0.05, 0.1) is 24.4 Å². The molecule has 0 bridgehead atoms. The van der Waals surface area contributed by atoms with Gasteiger partial charge in [0, 0.05) is 6.54 Å². The summed E-state index contributed by atoms with van der Waals surface area (Å²) in [5.74, 6) is 2.87. The number of fused-ring (bicyclic) bond motifs is 1. The van der Waals surface area contributed by atoms with Gasteiger partial charge in [-0.25, -0.2) is 0 Å². The maximum Gasteiger partial charge on any atom is 0.258 e. The molecule has 27 heavy (non-hydrogen) atoms. The Balaban J connectivity index is 1.49. The second-order valence-electron chi connectivity index (χ2n) is 6.93. The van der Waals surface area contributed by atoms with Crippen LogP contribution in [0.1, 0.15) is 46.3 Å². The van der Waals surface area contributed by atoms with Gasteiger partial charge in [0.25, 0.3) is 5.91 Å². The first-order chi connectivity index (χ1) is 13.0. The lowest BCUT2D eigenvalue weighted by Gasteiger charge is -2.32. The average Bonchev–Trinajstić information content (AvgIpc) is 3.27. The van der Waals surface area contributed by atoms with Crippen LogP contribution in [0.2, 0.25) is 0 Å². The molecule has 1 atom stereocenters. The zero-order chi connectivity index (χ0) is 19.0. The van der Waals surface area contributed by atoms with Crippen LogP contribution in [0.4, 0.5) is 0 Å². The van der Waals surface area contributed by atoms with Gasteiger partial charge in [-0.1, -0.05) is 17.7 Å². The first kappa shape index (κ1) is 17.3. The zero-order valence-electron chi connectivity index (χ0n) is 15.7. The third-order valence-electron chi connectivity index (χ3n) is 4.85. The van der Waals surface area contributed by atoms with E-state index in [1.165, 1.54) is 11.8 Å². The molecular weight excluding hydrogens is 344 g/mol. The van der Waals surface area contributed by atoms with E-state index in [2.05, 4.69) is 21.7 Å². The molecular formula is C20H22N4O3. The minimum Gasteiger partial charge on any atom is -0.486 e. The monoisotopic (exact) mass is 366 g/mol. The maximum atomic E-state index is 13.1. The molecule has 1 aliphatic rings. The Hall–Kier alpha value is -3.09. The Morgan fingerprint density at radius 3 is 2.78 bits per heavy atom. The molecule has 1 aliphatic heterocycles. The number of hydrogen-bond donors (Lipinski definition) is 0. The number of hydrogen-bond acceptors (Lipinski definition) is 5. The third kappa shape index (κ3) is 3.32. The van der Waals surface area contributed by atoms with Gasteiger partial charge >= 0.3 is 0 Å². The number of furan rings is 1. The van der Waals surface area contributed by atoms with Crippen LogP contribution in [-0.2, 0) is 13.2 Å². The zero-order valence-corrected chi connectivity index (χ0v) is 15.7. The second kappa shape index (κ2) is 6.90. The lowest BCUT2D eigenvalue weighted by atomic mass is 10.1. The SMILES string of the molecule is Cc1ccc(OCc2occc2C(=O)N2Cc3nnc(C)n3[C@@H](C)C2)cc1. The normalized spacial score (nSPS) is 16.3.